The number of carbonyl (C=O) groups excluding carboxylic acids is 1. The monoisotopic (exact) mass is 332 g/mol. The van der Waals surface area contributed by atoms with Crippen LogP contribution in [0.1, 0.15) is 31.2 Å². The second-order valence-corrected chi connectivity index (χ2v) is 8.22. The van der Waals surface area contributed by atoms with Gasteiger partial charge in [-0.2, -0.15) is 0 Å². The molecule has 1 aromatic carbocycles. The van der Waals surface area contributed by atoms with Gasteiger partial charge in [-0.1, -0.05) is 24.1 Å². The van der Waals surface area contributed by atoms with Crippen LogP contribution in [0.25, 0.3) is 0 Å². The van der Waals surface area contributed by atoms with E-state index in [9.17, 15) is 13.2 Å². The van der Waals surface area contributed by atoms with Crippen LogP contribution in [0.3, 0.4) is 0 Å². The zero-order chi connectivity index (χ0) is 16.3. The van der Waals surface area contributed by atoms with Crippen molar-refractivity contribution in [2.45, 2.75) is 37.0 Å². The quantitative estimate of drug-likeness (QED) is 0.843. The minimum absolute atomic E-state index is 0.00164. The average molecular weight is 332 g/mol. The van der Waals surface area contributed by atoms with E-state index in [1.54, 1.807) is 4.31 Å². The van der Waals surface area contributed by atoms with Crippen LogP contribution < -0.4 is 5.32 Å². The van der Waals surface area contributed by atoms with Gasteiger partial charge in [0, 0.05) is 30.6 Å². The van der Waals surface area contributed by atoms with E-state index in [2.05, 4.69) is 17.2 Å². The molecule has 0 spiro atoms. The average Bonchev–Trinajstić information content (AvgIpc) is 3.40. The lowest BCUT2D eigenvalue weighted by molar-refractivity contribution is -0.116. The summed E-state index contributed by atoms with van der Waals surface area (Å²) in [5.74, 6) is 5.10. The molecule has 23 heavy (non-hydrogen) atoms. The van der Waals surface area contributed by atoms with Gasteiger partial charge in [0.2, 0.25) is 10.0 Å². The highest BCUT2D eigenvalue weighted by Crippen LogP contribution is 2.32. The van der Waals surface area contributed by atoms with Gasteiger partial charge >= 0.3 is 0 Å². The molecule has 122 valence electrons. The minimum Gasteiger partial charge on any atom is -0.342 e. The summed E-state index contributed by atoms with van der Waals surface area (Å²) in [5.41, 5.74) is 0.799. The Hall–Kier alpha value is -1.84. The molecule has 2 aliphatic rings. The maximum atomic E-state index is 12.2. The number of hydrogen-bond acceptors (Lipinski definition) is 3. The largest absolute Gasteiger partial charge is 0.342 e. The van der Waals surface area contributed by atoms with Crippen LogP contribution in [0.2, 0.25) is 0 Å². The van der Waals surface area contributed by atoms with Gasteiger partial charge in [-0.25, -0.2) is 12.7 Å². The highest BCUT2D eigenvalue weighted by atomic mass is 32.2. The van der Waals surface area contributed by atoms with Crippen molar-refractivity contribution >= 4 is 15.9 Å². The summed E-state index contributed by atoms with van der Waals surface area (Å²) in [7, 11) is -3.09. The third-order valence-electron chi connectivity index (χ3n) is 4.19. The normalized spacial score (nSPS) is 19.7. The van der Waals surface area contributed by atoms with E-state index in [1.165, 1.54) is 0 Å². The summed E-state index contributed by atoms with van der Waals surface area (Å²) in [5, 5.41) is 2.71. The smallest absolute Gasteiger partial charge is 0.296 e. The Bertz CT molecular complexity index is 722. The van der Waals surface area contributed by atoms with E-state index < -0.39 is 10.0 Å². The van der Waals surface area contributed by atoms with Crippen molar-refractivity contribution in [1.29, 1.82) is 0 Å². The van der Waals surface area contributed by atoms with Crippen molar-refractivity contribution in [3.05, 3.63) is 35.9 Å². The number of sulfonamides is 1. The molecule has 1 saturated heterocycles. The van der Waals surface area contributed by atoms with Crippen LogP contribution in [0, 0.1) is 11.8 Å². The van der Waals surface area contributed by atoms with Crippen LogP contribution in [0.5, 0.6) is 0 Å². The van der Waals surface area contributed by atoms with Gasteiger partial charge in [-0.3, -0.25) is 4.79 Å². The molecule has 0 radical (unpaired) electrons. The Balaban J connectivity index is 1.49. The number of rotatable bonds is 3. The zero-order valence-electron chi connectivity index (χ0n) is 12.9. The number of hydrogen-bond donors (Lipinski definition) is 1. The van der Waals surface area contributed by atoms with Crippen LogP contribution in [0.15, 0.2) is 30.3 Å². The fourth-order valence-electron chi connectivity index (χ4n) is 2.70. The SMILES string of the molecule is O=C(C#Cc1ccccc1)NC1CCN(S(=O)(=O)C2CC2)CC1. The molecule has 0 unspecified atom stereocenters. The molecule has 5 nitrogen and oxygen atoms in total. The summed E-state index contributed by atoms with van der Waals surface area (Å²) in [6.45, 7) is 0.964. The number of amides is 1. The Labute approximate surface area is 137 Å². The molecule has 3 rings (SSSR count). The van der Waals surface area contributed by atoms with Crippen molar-refractivity contribution in [3.8, 4) is 11.8 Å². The second-order valence-electron chi connectivity index (χ2n) is 6.01. The molecule has 0 atom stereocenters. The predicted molar refractivity (Wildman–Crippen MR) is 88.0 cm³/mol. The molecule has 0 aromatic heterocycles. The minimum atomic E-state index is -3.09. The van der Waals surface area contributed by atoms with E-state index in [1.807, 2.05) is 30.3 Å². The van der Waals surface area contributed by atoms with Gasteiger partial charge in [-0.15, -0.1) is 0 Å². The number of benzene rings is 1. The first-order valence-corrected chi connectivity index (χ1v) is 9.42. The van der Waals surface area contributed by atoms with Crippen LogP contribution >= 0.6 is 0 Å². The molecular weight excluding hydrogens is 312 g/mol. The van der Waals surface area contributed by atoms with Crippen molar-refractivity contribution < 1.29 is 13.2 Å². The van der Waals surface area contributed by atoms with Crippen LogP contribution in [-0.4, -0.2) is 43.0 Å². The standard InChI is InChI=1S/C17H20N2O3S/c20-17(9-6-14-4-2-1-3-5-14)18-15-10-12-19(13-11-15)23(21,22)16-7-8-16/h1-5,15-16H,7-8,10-13H2,(H,18,20). The van der Waals surface area contributed by atoms with E-state index in [0.29, 0.717) is 25.9 Å². The molecule has 1 amide bonds. The Morgan fingerprint density at radius 1 is 1.09 bits per heavy atom. The summed E-state index contributed by atoms with van der Waals surface area (Å²) < 4.78 is 25.9. The number of nitrogens with one attached hydrogen (secondary N) is 1. The molecule has 1 aliphatic carbocycles. The van der Waals surface area contributed by atoms with E-state index in [0.717, 1.165) is 18.4 Å². The topological polar surface area (TPSA) is 66.5 Å². The van der Waals surface area contributed by atoms with Crippen molar-refractivity contribution in [3.63, 3.8) is 0 Å². The highest BCUT2D eigenvalue weighted by Gasteiger charge is 2.41. The summed E-state index contributed by atoms with van der Waals surface area (Å²) in [6, 6.07) is 9.34. The van der Waals surface area contributed by atoms with E-state index in [4.69, 9.17) is 0 Å². The molecule has 0 bridgehead atoms. The number of piperidine rings is 1. The number of carbonyl (C=O) groups is 1. The first-order chi connectivity index (χ1) is 11.1. The molecule has 6 heteroatoms. The van der Waals surface area contributed by atoms with Crippen molar-refractivity contribution in [2.75, 3.05) is 13.1 Å². The third-order valence-corrected chi connectivity index (χ3v) is 6.59. The van der Waals surface area contributed by atoms with Crippen molar-refractivity contribution in [2.24, 2.45) is 0 Å². The van der Waals surface area contributed by atoms with Gasteiger partial charge in [0.15, 0.2) is 0 Å². The van der Waals surface area contributed by atoms with Gasteiger partial charge in [0.25, 0.3) is 5.91 Å². The van der Waals surface area contributed by atoms with Gasteiger partial charge in [0.05, 0.1) is 5.25 Å². The molecule has 1 aromatic rings. The lowest BCUT2D eigenvalue weighted by Gasteiger charge is -2.31. The molecular formula is C17H20N2O3S. The zero-order valence-corrected chi connectivity index (χ0v) is 13.7. The summed E-state index contributed by atoms with van der Waals surface area (Å²) >= 11 is 0. The Morgan fingerprint density at radius 2 is 1.74 bits per heavy atom. The lowest BCUT2D eigenvalue weighted by atomic mass is 10.1. The van der Waals surface area contributed by atoms with Gasteiger partial charge < -0.3 is 5.32 Å². The lowest BCUT2D eigenvalue weighted by Crippen LogP contribution is -2.47. The third kappa shape index (κ3) is 4.12. The highest BCUT2D eigenvalue weighted by molar-refractivity contribution is 7.90. The summed E-state index contributed by atoms with van der Waals surface area (Å²) in [4.78, 5) is 11.9. The second kappa shape index (κ2) is 6.73. The van der Waals surface area contributed by atoms with Crippen LogP contribution in [0.4, 0.5) is 0 Å². The van der Waals surface area contributed by atoms with Crippen molar-refractivity contribution in [1.82, 2.24) is 9.62 Å². The first kappa shape index (κ1) is 16.0. The maximum Gasteiger partial charge on any atom is 0.296 e. The molecule has 1 aliphatic heterocycles. The summed E-state index contributed by atoms with van der Waals surface area (Å²) in [6.07, 6.45) is 2.86. The molecule has 1 N–H and O–H groups in total. The molecule has 1 saturated carbocycles. The maximum absolute atomic E-state index is 12.2. The predicted octanol–water partition coefficient (Wildman–Crippen LogP) is 1.11. The molecule has 2 fully saturated rings. The van der Waals surface area contributed by atoms with E-state index in [-0.39, 0.29) is 17.2 Å². The van der Waals surface area contributed by atoms with E-state index >= 15 is 0 Å². The fourth-order valence-corrected chi connectivity index (χ4v) is 4.58. The first-order valence-electron chi connectivity index (χ1n) is 7.92. The Kier molecular flexibility index (Phi) is 4.69. The van der Waals surface area contributed by atoms with Gasteiger partial charge in [0.1, 0.15) is 0 Å². The molecule has 1 heterocycles. The van der Waals surface area contributed by atoms with Gasteiger partial charge in [-0.05, 0) is 37.8 Å². The Morgan fingerprint density at radius 3 is 2.35 bits per heavy atom. The fraction of sp³-hybridized carbons (Fsp3) is 0.471. The number of nitrogens with zero attached hydrogens (tertiary/aromatic N) is 1. The van der Waals surface area contributed by atoms with Crippen LogP contribution in [-0.2, 0) is 14.8 Å².